The molecule has 0 spiro atoms. The van der Waals surface area contributed by atoms with Crippen LogP contribution in [0.15, 0.2) is 75.2 Å². The van der Waals surface area contributed by atoms with Crippen molar-refractivity contribution in [2.75, 3.05) is 6.54 Å². The van der Waals surface area contributed by atoms with Gasteiger partial charge in [-0.2, -0.15) is 0 Å². The van der Waals surface area contributed by atoms with E-state index in [1.165, 1.54) is 11.8 Å². The standard InChI is InChI=1S/C23H23N3O3S2/c1-3-24-19(27)12-17-14-31-23-25-15(2)20(21(26(17)23)18-10-7-11-30-18)22(28)29-13-16-8-5-4-6-9-16/h4-11,14,21H,3,12-13H2,1-2H3,(H,24,27). The molecule has 0 saturated carbocycles. The van der Waals surface area contributed by atoms with Gasteiger partial charge in [-0.25, -0.2) is 9.79 Å². The lowest BCUT2D eigenvalue weighted by Gasteiger charge is -2.35. The number of benzene rings is 1. The van der Waals surface area contributed by atoms with Gasteiger partial charge in [-0.15, -0.1) is 11.3 Å². The summed E-state index contributed by atoms with van der Waals surface area (Å²) < 4.78 is 5.68. The fourth-order valence-corrected chi connectivity index (χ4v) is 5.36. The lowest BCUT2D eigenvalue weighted by molar-refractivity contribution is -0.141. The fraction of sp³-hybridized carbons (Fsp3) is 0.261. The molecule has 2 aromatic rings. The third-order valence-corrected chi connectivity index (χ3v) is 6.78. The van der Waals surface area contributed by atoms with Crippen molar-refractivity contribution in [2.45, 2.75) is 32.9 Å². The number of nitrogens with one attached hydrogen (secondary N) is 1. The first kappa shape index (κ1) is 21.4. The van der Waals surface area contributed by atoms with Gasteiger partial charge >= 0.3 is 5.97 Å². The van der Waals surface area contributed by atoms with E-state index in [9.17, 15) is 9.59 Å². The number of hydrogen-bond acceptors (Lipinski definition) is 7. The number of nitrogens with zero attached hydrogens (tertiary/aromatic N) is 2. The highest BCUT2D eigenvalue weighted by molar-refractivity contribution is 8.16. The van der Waals surface area contributed by atoms with E-state index >= 15 is 0 Å². The summed E-state index contributed by atoms with van der Waals surface area (Å²) in [5, 5.41) is 7.55. The van der Waals surface area contributed by atoms with E-state index in [1.807, 2.05) is 72.0 Å². The van der Waals surface area contributed by atoms with Crippen LogP contribution < -0.4 is 5.32 Å². The highest BCUT2D eigenvalue weighted by Gasteiger charge is 2.41. The Morgan fingerprint density at radius 3 is 2.71 bits per heavy atom. The number of allylic oxidation sites excluding steroid dienone is 1. The molecule has 1 unspecified atom stereocenters. The number of thioether (sulfide) groups is 1. The zero-order valence-corrected chi connectivity index (χ0v) is 19.0. The van der Waals surface area contributed by atoms with Crippen LogP contribution in [0.1, 0.15) is 36.8 Å². The Morgan fingerprint density at radius 1 is 1.19 bits per heavy atom. The molecule has 2 aliphatic heterocycles. The number of esters is 1. The fourth-order valence-electron chi connectivity index (χ4n) is 3.57. The van der Waals surface area contributed by atoms with E-state index in [1.54, 1.807) is 11.3 Å². The van der Waals surface area contributed by atoms with Gasteiger partial charge in [0.15, 0.2) is 5.17 Å². The number of fused-ring (bicyclic) bond motifs is 1. The number of aliphatic imine (C=N–C) groups is 1. The molecule has 160 valence electrons. The summed E-state index contributed by atoms with van der Waals surface area (Å²) in [4.78, 5) is 33.2. The molecule has 1 aromatic heterocycles. The van der Waals surface area contributed by atoms with E-state index in [2.05, 4.69) is 10.3 Å². The van der Waals surface area contributed by atoms with Crippen molar-refractivity contribution in [3.63, 3.8) is 0 Å². The van der Waals surface area contributed by atoms with Gasteiger partial charge in [-0.3, -0.25) is 4.79 Å². The van der Waals surface area contributed by atoms with Crippen molar-refractivity contribution < 1.29 is 14.3 Å². The van der Waals surface area contributed by atoms with Gasteiger partial charge in [0.1, 0.15) is 12.6 Å². The second-order valence-corrected chi connectivity index (χ2v) is 8.92. The summed E-state index contributed by atoms with van der Waals surface area (Å²) in [6, 6.07) is 13.2. The Labute approximate surface area is 189 Å². The molecule has 0 saturated heterocycles. The molecule has 0 bridgehead atoms. The topological polar surface area (TPSA) is 71.0 Å². The molecule has 1 amide bonds. The second kappa shape index (κ2) is 9.53. The van der Waals surface area contributed by atoms with Crippen LogP contribution in [-0.4, -0.2) is 28.5 Å². The third kappa shape index (κ3) is 4.60. The molecule has 3 heterocycles. The Morgan fingerprint density at radius 2 is 2.00 bits per heavy atom. The molecule has 1 aromatic carbocycles. The van der Waals surface area contributed by atoms with Crippen LogP contribution in [0.2, 0.25) is 0 Å². The van der Waals surface area contributed by atoms with Gasteiger partial charge in [0, 0.05) is 17.1 Å². The molecular weight excluding hydrogens is 430 g/mol. The highest BCUT2D eigenvalue weighted by Crippen LogP contribution is 2.45. The number of thiophene rings is 1. The van der Waals surface area contributed by atoms with Crippen LogP contribution in [0, 0.1) is 0 Å². The normalized spacial score (nSPS) is 17.7. The maximum Gasteiger partial charge on any atom is 0.338 e. The van der Waals surface area contributed by atoms with E-state index in [4.69, 9.17) is 4.74 Å². The predicted molar refractivity (Wildman–Crippen MR) is 124 cm³/mol. The summed E-state index contributed by atoms with van der Waals surface area (Å²) in [5.74, 6) is -0.447. The van der Waals surface area contributed by atoms with Gasteiger partial charge in [-0.1, -0.05) is 48.2 Å². The summed E-state index contributed by atoms with van der Waals surface area (Å²) in [6.45, 7) is 4.50. The van der Waals surface area contributed by atoms with E-state index in [0.717, 1.165) is 21.3 Å². The highest BCUT2D eigenvalue weighted by atomic mass is 32.2. The number of amidine groups is 1. The third-order valence-electron chi connectivity index (χ3n) is 4.96. The molecule has 6 nitrogen and oxygen atoms in total. The number of hydrogen-bond donors (Lipinski definition) is 1. The summed E-state index contributed by atoms with van der Waals surface area (Å²) >= 11 is 3.05. The number of rotatable bonds is 7. The van der Waals surface area contributed by atoms with Gasteiger partial charge in [0.2, 0.25) is 5.91 Å². The number of amides is 1. The summed E-state index contributed by atoms with van der Waals surface area (Å²) in [7, 11) is 0. The Kier molecular flexibility index (Phi) is 6.58. The Bertz CT molecular complexity index is 1060. The van der Waals surface area contributed by atoms with Crippen molar-refractivity contribution in [1.82, 2.24) is 10.2 Å². The first-order valence-corrected chi connectivity index (χ1v) is 11.8. The molecule has 4 rings (SSSR count). The predicted octanol–water partition coefficient (Wildman–Crippen LogP) is 4.59. The number of carbonyl (C=O) groups excluding carboxylic acids is 2. The van der Waals surface area contributed by atoms with Crippen molar-refractivity contribution in [1.29, 1.82) is 0 Å². The van der Waals surface area contributed by atoms with Gasteiger partial charge in [0.25, 0.3) is 0 Å². The molecule has 1 atom stereocenters. The van der Waals surface area contributed by atoms with Crippen molar-refractivity contribution in [3.8, 4) is 0 Å². The minimum absolute atomic E-state index is 0.0555. The van der Waals surface area contributed by atoms with Crippen LogP contribution >= 0.6 is 23.1 Å². The average molecular weight is 454 g/mol. The van der Waals surface area contributed by atoms with Crippen LogP contribution in [-0.2, 0) is 20.9 Å². The van der Waals surface area contributed by atoms with Gasteiger partial charge < -0.3 is 15.0 Å². The molecule has 31 heavy (non-hydrogen) atoms. The maximum absolute atomic E-state index is 13.2. The first-order chi connectivity index (χ1) is 15.1. The molecule has 8 heteroatoms. The number of ether oxygens (including phenoxy) is 1. The van der Waals surface area contributed by atoms with Gasteiger partial charge in [0.05, 0.1) is 17.7 Å². The smallest absolute Gasteiger partial charge is 0.338 e. The van der Waals surface area contributed by atoms with Crippen molar-refractivity contribution >= 4 is 40.1 Å². The molecule has 0 radical (unpaired) electrons. The van der Waals surface area contributed by atoms with E-state index in [-0.39, 0.29) is 25.0 Å². The van der Waals surface area contributed by atoms with Gasteiger partial charge in [-0.05, 0) is 36.3 Å². The average Bonchev–Trinajstić information content (AvgIpc) is 3.42. The van der Waals surface area contributed by atoms with Crippen molar-refractivity contribution in [2.24, 2.45) is 4.99 Å². The lowest BCUT2D eigenvalue weighted by atomic mass is 9.99. The van der Waals surface area contributed by atoms with Crippen LogP contribution in [0.25, 0.3) is 0 Å². The van der Waals surface area contributed by atoms with E-state index in [0.29, 0.717) is 17.8 Å². The monoisotopic (exact) mass is 453 g/mol. The first-order valence-electron chi connectivity index (χ1n) is 10.0. The minimum atomic E-state index is -0.392. The summed E-state index contributed by atoms with van der Waals surface area (Å²) in [5.41, 5.74) is 2.90. The molecule has 0 fully saturated rings. The zero-order valence-electron chi connectivity index (χ0n) is 17.3. The number of carbonyl (C=O) groups is 2. The quantitative estimate of drug-likeness (QED) is 0.621. The molecule has 1 N–H and O–H groups in total. The van der Waals surface area contributed by atoms with Crippen LogP contribution in [0.4, 0.5) is 0 Å². The Hall–Kier alpha value is -2.84. The van der Waals surface area contributed by atoms with E-state index < -0.39 is 5.97 Å². The van der Waals surface area contributed by atoms with Crippen LogP contribution in [0.5, 0.6) is 0 Å². The van der Waals surface area contributed by atoms with Crippen LogP contribution in [0.3, 0.4) is 0 Å². The lowest BCUT2D eigenvalue weighted by Crippen LogP contribution is -2.37. The summed E-state index contributed by atoms with van der Waals surface area (Å²) in [6.07, 6.45) is 0.229. The zero-order chi connectivity index (χ0) is 21.8. The molecule has 2 aliphatic rings. The maximum atomic E-state index is 13.2. The Balaban J connectivity index is 1.64. The van der Waals surface area contributed by atoms with Crippen molar-refractivity contribution in [3.05, 3.63) is 80.7 Å². The molecular formula is C23H23N3O3S2. The SMILES string of the molecule is CCNC(=O)CC1=CSC2=NC(C)=C(C(=O)OCc3ccccc3)C(c3cccs3)N12. The largest absolute Gasteiger partial charge is 0.457 e. The minimum Gasteiger partial charge on any atom is -0.457 e. The molecule has 0 aliphatic carbocycles. The second-order valence-electron chi connectivity index (χ2n) is 7.10.